The summed E-state index contributed by atoms with van der Waals surface area (Å²) >= 11 is 1.67. The van der Waals surface area contributed by atoms with Gasteiger partial charge in [0.1, 0.15) is 0 Å². The molecule has 2 amide bonds. The molecule has 1 N–H and O–H groups in total. The third kappa shape index (κ3) is 5.62. The van der Waals surface area contributed by atoms with Gasteiger partial charge in [0, 0.05) is 25.4 Å². The summed E-state index contributed by atoms with van der Waals surface area (Å²) in [7, 11) is 0. The summed E-state index contributed by atoms with van der Waals surface area (Å²) < 4.78 is 0. The maximum absolute atomic E-state index is 13.5. The highest BCUT2D eigenvalue weighted by Crippen LogP contribution is 2.40. The number of nitrogens with zero attached hydrogens (tertiary/aromatic N) is 1. The molecule has 2 heterocycles. The summed E-state index contributed by atoms with van der Waals surface area (Å²) in [6.45, 7) is 8.15. The Bertz CT molecular complexity index is 670. The van der Waals surface area contributed by atoms with Crippen LogP contribution in [0.5, 0.6) is 0 Å². The van der Waals surface area contributed by atoms with E-state index in [-0.39, 0.29) is 23.3 Å². The quantitative estimate of drug-likeness (QED) is 0.644. The number of aryl methyl sites for hydroxylation is 1. The van der Waals surface area contributed by atoms with E-state index in [1.54, 1.807) is 11.3 Å². The van der Waals surface area contributed by atoms with Crippen LogP contribution in [0.2, 0.25) is 0 Å². The van der Waals surface area contributed by atoms with Crippen molar-refractivity contribution in [1.29, 1.82) is 0 Å². The van der Waals surface area contributed by atoms with Crippen LogP contribution in [-0.4, -0.2) is 35.8 Å². The number of nitrogens with one attached hydrogen (secondary N) is 1. The minimum absolute atomic E-state index is 0.0351. The van der Waals surface area contributed by atoms with Crippen molar-refractivity contribution >= 4 is 23.2 Å². The molecule has 0 aromatic carbocycles. The summed E-state index contributed by atoms with van der Waals surface area (Å²) in [4.78, 5) is 28.1. The van der Waals surface area contributed by atoms with Gasteiger partial charge in [0.25, 0.3) is 0 Å². The lowest BCUT2D eigenvalue weighted by molar-refractivity contribution is -0.145. The first kappa shape index (κ1) is 22.3. The smallest absolute Gasteiger partial charge is 0.226 e. The third-order valence-corrected chi connectivity index (χ3v) is 7.86. The largest absolute Gasteiger partial charge is 0.354 e. The average molecular weight is 419 g/mol. The molecule has 3 unspecified atom stereocenters. The first-order valence-corrected chi connectivity index (χ1v) is 12.4. The van der Waals surface area contributed by atoms with Gasteiger partial charge in [-0.3, -0.25) is 9.59 Å². The molecule has 0 spiro atoms. The molecule has 1 saturated carbocycles. The lowest BCUT2D eigenvalue weighted by atomic mass is 9.75. The monoisotopic (exact) mass is 418 g/mol. The summed E-state index contributed by atoms with van der Waals surface area (Å²) in [5.74, 6) is 1.19. The molecule has 2 fully saturated rings. The van der Waals surface area contributed by atoms with E-state index >= 15 is 0 Å². The van der Waals surface area contributed by atoms with Gasteiger partial charge in [0.15, 0.2) is 0 Å². The van der Waals surface area contributed by atoms with Gasteiger partial charge in [0.05, 0.1) is 6.04 Å². The zero-order chi connectivity index (χ0) is 20.9. The third-order valence-electron chi connectivity index (χ3n) is 7.13. The Balaban J connectivity index is 1.61. The lowest BCUT2D eigenvalue weighted by Gasteiger charge is -2.48. The predicted molar refractivity (Wildman–Crippen MR) is 120 cm³/mol. The first-order valence-electron chi connectivity index (χ1n) is 11.5. The fourth-order valence-electron chi connectivity index (χ4n) is 5.38. The second kappa shape index (κ2) is 10.1. The molecule has 0 radical (unpaired) electrons. The number of piperidine rings is 1. The van der Waals surface area contributed by atoms with E-state index in [2.05, 4.69) is 47.8 Å². The Morgan fingerprint density at radius 2 is 2.10 bits per heavy atom. The van der Waals surface area contributed by atoms with Crippen molar-refractivity contribution in [3.8, 4) is 0 Å². The molecule has 1 saturated heterocycles. The minimum atomic E-state index is 0.0351. The van der Waals surface area contributed by atoms with Crippen LogP contribution in [-0.2, 0) is 16.0 Å². The van der Waals surface area contributed by atoms with Gasteiger partial charge < -0.3 is 10.2 Å². The molecule has 162 valence electrons. The topological polar surface area (TPSA) is 49.4 Å². The standard InChI is InChI=1S/C24H38N2O2S/c1-4-7-19-8-5-9-20(19)23(28)26-14-6-13-24(2,3)21(26)16-25-22(27)11-10-18-12-15-29-17-18/h12,15,17,19-21H,4-11,13-14,16H2,1-3H3,(H,25,27). The Hall–Kier alpha value is -1.36. The molecule has 0 bridgehead atoms. The van der Waals surface area contributed by atoms with Gasteiger partial charge in [-0.1, -0.05) is 33.6 Å². The highest BCUT2D eigenvalue weighted by atomic mass is 32.1. The highest BCUT2D eigenvalue weighted by Gasteiger charge is 2.43. The second-order valence-electron chi connectivity index (χ2n) is 9.66. The van der Waals surface area contributed by atoms with Crippen molar-refractivity contribution in [3.63, 3.8) is 0 Å². The molecule has 1 aliphatic heterocycles. The summed E-state index contributed by atoms with van der Waals surface area (Å²) in [5, 5.41) is 7.31. The highest BCUT2D eigenvalue weighted by molar-refractivity contribution is 7.07. The predicted octanol–water partition coefficient (Wildman–Crippen LogP) is 5.03. The van der Waals surface area contributed by atoms with Gasteiger partial charge in [-0.15, -0.1) is 0 Å². The minimum Gasteiger partial charge on any atom is -0.354 e. The van der Waals surface area contributed by atoms with Gasteiger partial charge in [-0.05, 0) is 72.2 Å². The van der Waals surface area contributed by atoms with Gasteiger partial charge in [-0.25, -0.2) is 0 Å². The lowest BCUT2D eigenvalue weighted by Crippen LogP contribution is -2.58. The van der Waals surface area contributed by atoms with Crippen molar-refractivity contribution < 1.29 is 9.59 Å². The molecular formula is C24H38N2O2S. The Labute approximate surface area is 180 Å². The van der Waals surface area contributed by atoms with Crippen LogP contribution in [0.4, 0.5) is 0 Å². The van der Waals surface area contributed by atoms with E-state index in [9.17, 15) is 9.59 Å². The molecule has 1 aromatic rings. The first-order chi connectivity index (χ1) is 13.9. The molecule has 29 heavy (non-hydrogen) atoms. The van der Waals surface area contributed by atoms with E-state index in [1.807, 2.05) is 0 Å². The fraction of sp³-hybridized carbons (Fsp3) is 0.750. The van der Waals surface area contributed by atoms with Crippen LogP contribution in [0.15, 0.2) is 16.8 Å². The van der Waals surface area contributed by atoms with Gasteiger partial charge in [0.2, 0.25) is 11.8 Å². The van der Waals surface area contributed by atoms with Crippen molar-refractivity contribution in [2.75, 3.05) is 13.1 Å². The van der Waals surface area contributed by atoms with Crippen molar-refractivity contribution in [2.24, 2.45) is 17.3 Å². The number of rotatable bonds is 8. The second-order valence-corrected chi connectivity index (χ2v) is 10.4. The molecule has 2 aliphatic rings. The maximum Gasteiger partial charge on any atom is 0.226 e. The molecule has 5 heteroatoms. The van der Waals surface area contributed by atoms with Crippen LogP contribution in [0.1, 0.15) is 77.7 Å². The van der Waals surface area contributed by atoms with Gasteiger partial charge in [-0.2, -0.15) is 11.3 Å². The number of likely N-dealkylation sites (tertiary alicyclic amines) is 1. The van der Waals surface area contributed by atoms with Crippen LogP contribution >= 0.6 is 11.3 Å². The Kier molecular flexibility index (Phi) is 7.78. The number of amides is 2. The van der Waals surface area contributed by atoms with Crippen molar-refractivity contribution in [2.45, 2.75) is 84.6 Å². The number of hydrogen-bond donors (Lipinski definition) is 1. The normalized spacial score (nSPS) is 26.4. The summed E-state index contributed by atoms with van der Waals surface area (Å²) in [5.41, 5.74) is 1.26. The Morgan fingerprint density at radius 1 is 1.28 bits per heavy atom. The van der Waals surface area contributed by atoms with Crippen molar-refractivity contribution in [3.05, 3.63) is 22.4 Å². The molecule has 1 aromatic heterocycles. The summed E-state index contributed by atoms with van der Waals surface area (Å²) in [6, 6.07) is 2.17. The number of thiophene rings is 1. The van der Waals surface area contributed by atoms with E-state index in [4.69, 9.17) is 0 Å². The Morgan fingerprint density at radius 3 is 2.83 bits per heavy atom. The average Bonchev–Trinajstić information content (AvgIpc) is 3.36. The maximum atomic E-state index is 13.5. The number of hydrogen-bond acceptors (Lipinski definition) is 3. The zero-order valence-corrected chi connectivity index (χ0v) is 19.2. The van der Waals surface area contributed by atoms with Gasteiger partial charge >= 0.3 is 0 Å². The summed E-state index contributed by atoms with van der Waals surface area (Å²) in [6.07, 6.45) is 9.21. The SMILES string of the molecule is CCCC1CCCC1C(=O)N1CCCC(C)(C)C1CNC(=O)CCc1ccsc1. The zero-order valence-electron chi connectivity index (χ0n) is 18.4. The molecule has 3 rings (SSSR count). The number of carbonyl (C=O) groups excluding carboxylic acids is 2. The van der Waals surface area contributed by atoms with E-state index < -0.39 is 0 Å². The van der Waals surface area contributed by atoms with Crippen LogP contribution in [0.3, 0.4) is 0 Å². The van der Waals surface area contributed by atoms with Crippen LogP contribution in [0, 0.1) is 17.3 Å². The van der Waals surface area contributed by atoms with E-state index in [0.29, 0.717) is 24.8 Å². The van der Waals surface area contributed by atoms with Crippen LogP contribution < -0.4 is 5.32 Å². The molecule has 3 atom stereocenters. The van der Waals surface area contributed by atoms with E-state index in [0.717, 1.165) is 45.1 Å². The number of carbonyl (C=O) groups is 2. The van der Waals surface area contributed by atoms with Crippen LogP contribution in [0.25, 0.3) is 0 Å². The molecule has 1 aliphatic carbocycles. The van der Waals surface area contributed by atoms with Crippen molar-refractivity contribution in [1.82, 2.24) is 10.2 Å². The molecular weight excluding hydrogens is 380 g/mol. The molecule has 4 nitrogen and oxygen atoms in total. The van der Waals surface area contributed by atoms with E-state index in [1.165, 1.54) is 18.4 Å². The fourth-order valence-corrected chi connectivity index (χ4v) is 6.09.